The summed E-state index contributed by atoms with van der Waals surface area (Å²) in [6.07, 6.45) is 0.999. The van der Waals surface area contributed by atoms with Gasteiger partial charge in [-0.15, -0.1) is 0 Å². The van der Waals surface area contributed by atoms with Gasteiger partial charge in [0.25, 0.3) is 0 Å². The first-order valence-corrected chi connectivity index (χ1v) is 10.6. The predicted octanol–water partition coefficient (Wildman–Crippen LogP) is 3.13. The van der Waals surface area contributed by atoms with Crippen LogP contribution in [-0.4, -0.2) is 50.4 Å². The Morgan fingerprint density at radius 3 is 2.50 bits per heavy atom. The molecule has 0 saturated carbocycles. The van der Waals surface area contributed by atoms with E-state index in [9.17, 15) is 14.0 Å². The van der Waals surface area contributed by atoms with E-state index in [2.05, 4.69) is 31.0 Å². The Labute approximate surface area is 196 Å². The molecule has 1 atom stereocenters. The second kappa shape index (κ2) is 10.3. The molecule has 0 fully saturated rings. The van der Waals surface area contributed by atoms with Crippen LogP contribution in [0.2, 0.25) is 0 Å². The molecule has 180 valence electrons. The van der Waals surface area contributed by atoms with Crippen LogP contribution in [0.3, 0.4) is 0 Å². The number of ether oxygens (including phenoxy) is 1. The van der Waals surface area contributed by atoms with Crippen LogP contribution in [0.1, 0.15) is 26.3 Å². The largest absolute Gasteiger partial charge is 0.444 e. The summed E-state index contributed by atoms with van der Waals surface area (Å²) in [6, 6.07) is 8.11. The number of carbonyl (C=O) groups is 2. The van der Waals surface area contributed by atoms with E-state index in [0.29, 0.717) is 28.7 Å². The lowest BCUT2D eigenvalue weighted by Crippen LogP contribution is -2.47. The molecule has 3 N–H and O–H groups in total. The topological polar surface area (TPSA) is 123 Å². The van der Waals surface area contributed by atoms with E-state index < -0.39 is 29.5 Å². The molecule has 1 aromatic carbocycles. The van der Waals surface area contributed by atoms with Crippen LogP contribution in [0.15, 0.2) is 42.6 Å². The first-order valence-electron chi connectivity index (χ1n) is 10.6. The van der Waals surface area contributed by atoms with Crippen molar-refractivity contribution in [2.75, 3.05) is 17.7 Å². The Hall–Kier alpha value is -4.02. The van der Waals surface area contributed by atoms with Crippen LogP contribution in [0.5, 0.6) is 0 Å². The first-order chi connectivity index (χ1) is 16.0. The number of alkyl carbamates (subject to hydrolysis) is 1. The minimum Gasteiger partial charge on any atom is -0.444 e. The molecule has 0 radical (unpaired) electrons. The normalized spacial score (nSPS) is 12.1. The van der Waals surface area contributed by atoms with Gasteiger partial charge in [0.05, 0.1) is 5.69 Å². The molecule has 2 heterocycles. The zero-order valence-corrected chi connectivity index (χ0v) is 19.7. The van der Waals surface area contributed by atoms with Crippen molar-refractivity contribution in [2.24, 2.45) is 7.05 Å². The van der Waals surface area contributed by atoms with E-state index in [1.54, 1.807) is 65.3 Å². The van der Waals surface area contributed by atoms with E-state index in [1.807, 2.05) is 0 Å². The molecule has 11 heteroatoms. The fraction of sp³-hybridized carbons (Fsp3) is 0.348. The van der Waals surface area contributed by atoms with Crippen molar-refractivity contribution < 1.29 is 18.7 Å². The highest BCUT2D eigenvalue weighted by Crippen LogP contribution is 2.20. The molecule has 0 saturated heterocycles. The second-order valence-electron chi connectivity index (χ2n) is 8.57. The van der Waals surface area contributed by atoms with Gasteiger partial charge in [-0.05, 0) is 44.5 Å². The first kappa shape index (κ1) is 24.6. The molecular weight excluding hydrogens is 441 g/mol. The third-order valence-corrected chi connectivity index (χ3v) is 4.63. The molecule has 0 bridgehead atoms. The quantitative estimate of drug-likeness (QED) is 0.486. The number of hydrogen-bond donors (Lipinski definition) is 3. The molecule has 34 heavy (non-hydrogen) atoms. The molecule has 1 unspecified atom stereocenters. The molecule has 3 aromatic rings. The summed E-state index contributed by atoms with van der Waals surface area (Å²) in [6.45, 7) is 5.18. The number of amides is 2. The number of aromatic nitrogens is 4. The number of aryl methyl sites for hydroxylation is 1. The lowest BCUT2D eigenvalue weighted by atomic mass is 10.1. The molecule has 0 aliphatic rings. The molecule has 2 amide bonds. The lowest BCUT2D eigenvalue weighted by molar-refractivity contribution is -0.118. The van der Waals surface area contributed by atoms with E-state index in [1.165, 1.54) is 16.8 Å². The van der Waals surface area contributed by atoms with E-state index >= 15 is 0 Å². The van der Waals surface area contributed by atoms with Gasteiger partial charge in [0.2, 0.25) is 11.9 Å². The van der Waals surface area contributed by atoms with Crippen molar-refractivity contribution in [3.8, 4) is 11.4 Å². The van der Waals surface area contributed by atoms with Gasteiger partial charge < -0.3 is 20.7 Å². The maximum Gasteiger partial charge on any atom is 0.408 e. The standard InChI is InChI=1S/C23H28FN7O3/c1-23(2,3)34-22(33)28-18(12-14-6-8-15(24)9-7-14)20(32)29-19-13-17(30-31(19)5)16-10-11-26-21(25-4)27-16/h6-11,13,18H,12H2,1-5H3,(H,28,33)(H,29,32)(H,25,26,27). The summed E-state index contributed by atoms with van der Waals surface area (Å²) in [4.78, 5) is 34.0. The van der Waals surface area contributed by atoms with Gasteiger partial charge in [0, 0.05) is 32.8 Å². The molecule has 10 nitrogen and oxygen atoms in total. The highest BCUT2D eigenvalue weighted by Gasteiger charge is 2.26. The SMILES string of the molecule is CNc1nccc(-c2cc(NC(=O)C(Cc3ccc(F)cc3)NC(=O)OC(C)(C)C)n(C)n2)n1. The average molecular weight is 470 g/mol. The van der Waals surface area contributed by atoms with Gasteiger partial charge in [0.15, 0.2) is 0 Å². The second-order valence-corrected chi connectivity index (χ2v) is 8.57. The van der Waals surface area contributed by atoms with Crippen LogP contribution in [0.25, 0.3) is 11.4 Å². The fourth-order valence-electron chi connectivity index (χ4n) is 3.06. The van der Waals surface area contributed by atoms with Gasteiger partial charge in [-0.1, -0.05) is 12.1 Å². The van der Waals surface area contributed by atoms with Crippen molar-refractivity contribution in [3.05, 3.63) is 54.0 Å². The Morgan fingerprint density at radius 1 is 1.15 bits per heavy atom. The number of carbonyl (C=O) groups excluding carboxylic acids is 2. The monoisotopic (exact) mass is 469 g/mol. The number of nitrogens with one attached hydrogen (secondary N) is 3. The highest BCUT2D eigenvalue weighted by atomic mass is 19.1. The predicted molar refractivity (Wildman–Crippen MR) is 126 cm³/mol. The van der Waals surface area contributed by atoms with Crippen LogP contribution >= 0.6 is 0 Å². The number of anilines is 2. The van der Waals surface area contributed by atoms with Crippen molar-refractivity contribution in [3.63, 3.8) is 0 Å². The molecule has 0 spiro atoms. The van der Waals surface area contributed by atoms with Crippen molar-refractivity contribution in [2.45, 2.75) is 38.8 Å². The molecule has 3 rings (SSSR count). The minimum atomic E-state index is -0.978. The van der Waals surface area contributed by atoms with Crippen molar-refractivity contribution in [1.29, 1.82) is 0 Å². The summed E-state index contributed by atoms with van der Waals surface area (Å²) in [5.41, 5.74) is 1.04. The van der Waals surface area contributed by atoms with Crippen LogP contribution in [0.4, 0.5) is 21.0 Å². The van der Waals surface area contributed by atoms with Crippen molar-refractivity contribution >= 4 is 23.8 Å². The Bertz CT molecular complexity index is 1160. The van der Waals surface area contributed by atoms with Gasteiger partial charge in [-0.3, -0.25) is 9.48 Å². The van der Waals surface area contributed by atoms with Gasteiger partial charge >= 0.3 is 6.09 Å². The summed E-state index contributed by atoms with van der Waals surface area (Å²) in [5.74, 6) is -0.0314. The van der Waals surface area contributed by atoms with E-state index in [-0.39, 0.29) is 6.42 Å². The lowest BCUT2D eigenvalue weighted by Gasteiger charge is -2.23. The number of nitrogens with zero attached hydrogens (tertiary/aromatic N) is 4. The summed E-state index contributed by atoms with van der Waals surface area (Å²) >= 11 is 0. The Kier molecular flexibility index (Phi) is 7.44. The molecule has 2 aromatic heterocycles. The van der Waals surface area contributed by atoms with E-state index in [0.717, 1.165) is 0 Å². The zero-order valence-electron chi connectivity index (χ0n) is 19.7. The highest BCUT2D eigenvalue weighted by molar-refractivity contribution is 5.96. The van der Waals surface area contributed by atoms with Crippen LogP contribution in [0, 0.1) is 5.82 Å². The summed E-state index contributed by atoms with van der Waals surface area (Å²) < 4.78 is 20.1. The molecular formula is C23H28FN7O3. The third kappa shape index (κ3) is 6.74. The maximum atomic E-state index is 13.3. The Balaban J connectivity index is 1.80. The van der Waals surface area contributed by atoms with Gasteiger partial charge in [-0.25, -0.2) is 19.2 Å². The molecule has 0 aliphatic heterocycles. The van der Waals surface area contributed by atoms with E-state index in [4.69, 9.17) is 4.74 Å². The van der Waals surface area contributed by atoms with Crippen molar-refractivity contribution in [1.82, 2.24) is 25.1 Å². The fourth-order valence-corrected chi connectivity index (χ4v) is 3.06. The van der Waals surface area contributed by atoms with Gasteiger partial charge in [0.1, 0.15) is 29.0 Å². The molecule has 0 aliphatic carbocycles. The van der Waals surface area contributed by atoms with Gasteiger partial charge in [-0.2, -0.15) is 5.10 Å². The summed E-state index contributed by atoms with van der Waals surface area (Å²) in [7, 11) is 3.39. The average Bonchev–Trinajstić information content (AvgIpc) is 3.13. The number of halogens is 1. The number of hydrogen-bond acceptors (Lipinski definition) is 7. The minimum absolute atomic E-state index is 0.132. The Morgan fingerprint density at radius 2 is 1.85 bits per heavy atom. The third-order valence-electron chi connectivity index (χ3n) is 4.63. The number of rotatable bonds is 7. The maximum absolute atomic E-state index is 13.3. The summed E-state index contributed by atoms with van der Waals surface area (Å²) in [5, 5.41) is 12.7. The van der Waals surface area contributed by atoms with Crippen LogP contribution in [-0.2, 0) is 23.0 Å². The smallest absolute Gasteiger partial charge is 0.408 e. The number of benzene rings is 1. The zero-order chi connectivity index (χ0) is 24.9. The van der Waals surface area contributed by atoms with Crippen LogP contribution < -0.4 is 16.0 Å².